The van der Waals surface area contributed by atoms with Crippen LogP contribution in [0.15, 0.2) is 6.07 Å². The quantitative estimate of drug-likeness (QED) is 0.510. The van der Waals surface area contributed by atoms with Gasteiger partial charge >= 0.3 is 0 Å². The highest BCUT2D eigenvalue weighted by atomic mass is 19.2. The second-order valence-corrected chi connectivity index (χ2v) is 9.93. The Hall–Kier alpha value is -1.12. The van der Waals surface area contributed by atoms with Gasteiger partial charge in [0.05, 0.1) is 6.61 Å². The van der Waals surface area contributed by atoms with Crippen LogP contribution in [0.5, 0.6) is 5.75 Å². The van der Waals surface area contributed by atoms with Gasteiger partial charge in [0.15, 0.2) is 11.6 Å². The van der Waals surface area contributed by atoms with Gasteiger partial charge in [-0.25, -0.2) is 4.39 Å². The summed E-state index contributed by atoms with van der Waals surface area (Å²) in [6.45, 7) is 3.90. The monoisotopic (exact) mass is 390 g/mol. The van der Waals surface area contributed by atoms with E-state index >= 15 is 0 Å². The molecule has 0 amide bonds. The summed E-state index contributed by atoms with van der Waals surface area (Å²) in [5.74, 6) is 2.89. The normalized spacial score (nSPS) is 31.4. The molecule has 0 aromatic heterocycles. The molecule has 0 radical (unpaired) electrons. The van der Waals surface area contributed by atoms with Crippen LogP contribution < -0.4 is 4.74 Å². The molecule has 1 aromatic rings. The molecule has 156 valence electrons. The van der Waals surface area contributed by atoms with E-state index in [1.165, 1.54) is 70.6 Å². The average Bonchev–Trinajstić information content (AvgIpc) is 2.66. The molecule has 3 heteroatoms. The van der Waals surface area contributed by atoms with E-state index in [4.69, 9.17) is 4.74 Å². The standard InChI is InChI=1S/C25H36F2O/c1-16-14-17(2)25(24(27)23(16)26)28-15-18-6-8-20(9-7-18)22-12-10-21(11-13-22)19-4-3-5-19/h14,18-22H,3-13,15H2,1-2H3. The Morgan fingerprint density at radius 2 is 1.21 bits per heavy atom. The zero-order valence-electron chi connectivity index (χ0n) is 17.6. The molecular formula is C25H36F2O. The van der Waals surface area contributed by atoms with Crippen LogP contribution in [0.1, 0.15) is 81.8 Å². The first-order chi connectivity index (χ1) is 13.5. The minimum atomic E-state index is -0.825. The lowest BCUT2D eigenvalue weighted by Gasteiger charge is -2.42. The highest BCUT2D eigenvalue weighted by Gasteiger charge is 2.35. The summed E-state index contributed by atoms with van der Waals surface area (Å²) >= 11 is 0. The highest BCUT2D eigenvalue weighted by Crippen LogP contribution is 2.46. The molecule has 0 aliphatic heterocycles. The third-order valence-electron chi connectivity index (χ3n) is 8.18. The summed E-state index contributed by atoms with van der Waals surface area (Å²) in [5, 5.41) is 0. The number of rotatable bonds is 5. The molecule has 4 rings (SSSR count). The summed E-state index contributed by atoms with van der Waals surface area (Å²) in [6.07, 6.45) is 15.2. The molecule has 1 aromatic carbocycles. The number of hydrogen-bond acceptors (Lipinski definition) is 1. The van der Waals surface area contributed by atoms with Crippen molar-refractivity contribution in [1.29, 1.82) is 0 Å². The highest BCUT2D eigenvalue weighted by molar-refractivity contribution is 5.38. The van der Waals surface area contributed by atoms with Crippen molar-refractivity contribution in [3.8, 4) is 5.75 Å². The fourth-order valence-electron chi connectivity index (χ4n) is 6.10. The second kappa shape index (κ2) is 8.71. The maximum atomic E-state index is 14.2. The van der Waals surface area contributed by atoms with Crippen LogP contribution in [0.2, 0.25) is 0 Å². The van der Waals surface area contributed by atoms with E-state index in [1.807, 2.05) is 0 Å². The molecule has 0 saturated heterocycles. The number of halogens is 2. The minimum absolute atomic E-state index is 0.111. The van der Waals surface area contributed by atoms with E-state index in [2.05, 4.69) is 0 Å². The number of ether oxygens (including phenoxy) is 1. The SMILES string of the molecule is Cc1cc(C)c(OCC2CCC(C3CCC(C4CCC4)CC3)CC2)c(F)c1F. The molecule has 3 fully saturated rings. The topological polar surface area (TPSA) is 9.23 Å². The first-order valence-electron chi connectivity index (χ1n) is 11.6. The predicted molar refractivity (Wildman–Crippen MR) is 110 cm³/mol. The van der Waals surface area contributed by atoms with Crippen LogP contribution >= 0.6 is 0 Å². The van der Waals surface area contributed by atoms with Crippen LogP contribution in [0.4, 0.5) is 8.78 Å². The van der Waals surface area contributed by atoms with Crippen molar-refractivity contribution in [3.05, 3.63) is 28.8 Å². The Morgan fingerprint density at radius 1 is 0.714 bits per heavy atom. The van der Waals surface area contributed by atoms with Gasteiger partial charge < -0.3 is 4.74 Å². The lowest BCUT2D eigenvalue weighted by molar-refractivity contribution is 0.0900. The molecule has 0 unspecified atom stereocenters. The Morgan fingerprint density at radius 3 is 1.71 bits per heavy atom. The summed E-state index contributed by atoms with van der Waals surface area (Å²) < 4.78 is 33.8. The Kier molecular flexibility index (Phi) is 6.27. The predicted octanol–water partition coefficient (Wildman–Crippen LogP) is 7.37. The fraction of sp³-hybridized carbons (Fsp3) is 0.760. The van der Waals surface area contributed by atoms with Crippen molar-refractivity contribution in [2.75, 3.05) is 6.61 Å². The molecular weight excluding hydrogens is 354 g/mol. The molecule has 1 nitrogen and oxygen atoms in total. The molecule has 0 N–H and O–H groups in total. The molecule has 0 heterocycles. The zero-order valence-corrected chi connectivity index (χ0v) is 17.6. The molecule has 3 aliphatic rings. The van der Waals surface area contributed by atoms with Crippen LogP contribution in [0, 0.1) is 55.1 Å². The molecule has 3 aliphatic carbocycles. The molecule has 3 saturated carbocycles. The summed E-state index contributed by atoms with van der Waals surface area (Å²) in [6, 6.07) is 1.67. The third kappa shape index (κ3) is 4.24. The number of benzene rings is 1. The first-order valence-corrected chi connectivity index (χ1v) is 11.6. The smallest absolute Gasteiger partial charge is 0.201 e. The van der Waals surface area contributed by atoms with Crippen LogP contribution in [-0.2, 0) is 0 Å². The van der Waals surface area contributed by atoms with Gasteiger partial charge in [0, 0.05) is 0 Å². The molecule has 0 bridgehead atoms. The van der Waals surface area contributed by atoms with E-state index < -0.39 is 11.6 Å². The summed E-state index contributed by atoms with van der Waals surface area (Å²) in [4.78, 5) is 0. The fourth-order valence-corrected chi connectivity index (χ4v) is 6.10. The third-order valence-corrected chi connectivity index (χ3v) is 8.18. The maximum Gasteiger partial charge on any atom is 0.201 e. The lowest BCUT2D eigenvalue weighted by Crippen LogP contribution is -2.31. The maximum absolute atomic E-state index is 14.2. The van der Waals surface area contributed by atoms with Crippen molar-refractivity contribution in [1.82, 2.24) is 0 Å². The van der Waals surface area contributed by atoms with E-state index in [0.29, 0.717) is 23.7 Å². The van der Waals surface area contributed by atoms with Crippen molar-refractivity contribution in [2.45, 2.75) is 84.5 Å². The van der Waals surface area contributed by atoms with Crippen molar-refractivity contribution < 1.29 is 13.5 Å². The number of aryl methyl sites for hydroxylation is 2. The second-order valence-electron chi connectivity index (χ2n) is 9.93. The van der Waals surface area contributed by atoms with E-state index in [9.17, 15) is 8.78 Å². The van der Waals surface area contributed by atoms with Gasteiger partial charge in [-0.3, -0.25) is 0 Å². The van der Waals surface area contributed by atoms with Crippen LogP contribution in [0.3, 0.4) is 0 Å². The van der Waals surface area contributed by atoms with E-state index in [0.717, 1.165) is 23.7 Å². The Bertz CT molecular complexity index is 666. The number of hydrogen-bond donors (Lipinski definition) is 0. The average molecular weight is 391 g/mol. The van der Waals surface area contributed by atoms with Gasteiger partial charge in [-0.05, 0) is 112 Å². The lowest BCUT2D eigenvalue weighted by atomic mass is 9.64. The van der Waals surface area contributed by atoms with Crippen LogP contribution in [-0.4, -0.2) is 6.61 Å². The van der Waals surface area contributed by atoms with Gasteiger partial charge in [0.1, 0.15) is 0 Å². The van der Waals surface area contributed by atoms with Gasteiger partial charge in [-0.2, -0.15) is 4.39 Å². The van der Waals surface area contributed by atoms with Crippen LogP contribution in [0.25, 0.3) is 0 Å². The van der Waals surface area contributed by atoms with Crippen molar-refractivity contribution >= 4 is 0 Å². The zero-order chi connectivity index (χ0) is 19.7. The van der Waals surface area contributed by atoms with E-state index in [1.54, 1.807) is 19.9 Å². The van der Waals surface area contributed by atoms with Gasteiger partial charge in [-0.1, -0.05) is 19.3 Å². The Labute approximate surface area is 169 Å². The van der Waals surface area contributed by atoms with Crippen molar-refractivity contribution in [2.24, 2.45) is 29.6 Å². The minimum Gasteiger partial charge on any atom is -0.490 e. The first kappa shape index (κ1) is 20.2. The van der Waals surface area contributed by atoms with Gasteiger partial charge in [0.25, 0.3) is 0 Å². The van der Waals surface area contributed by atoms with Gasteiger partial charge in [-0.15, -0.1) is 0 Å². The Balaban J connectivity index is 1.22. The molecule has 0 atom stereocenters. The van der Waals surface area contributed by atoms with Gasteiger partial charge in [0.2, 0.25) is 5.82 Å². The summed E-state index contributed by atoms with van der Waals surface area (Å²) in [5.41, 5.74) is 1.03. The molecule has 28 heavy (non-hydrogen) atoms. The summed E-state index contributed by atoms with van der Waals surface area (Å²) in [7, 11) is 0. The van der Waals surface area contributed by atoms with E-state index in [-0.39, 0.29) is 5.75 Å². The van der Waals surface area contributed by atoms with Crippen molar-refractivity contribution in [3.63, 3.8) is 0 Å². The molecule has 0 spiro atoms. The largest absolute Gasteiger partial charge is 0.490 e.